The van der Waals surface area contributed by atoms with Crippen LogP contribution in [0.2, 0.25) is 5.02 Å². The highest BCUT2D eigenvalue weighted by atomic mass is 35.5. The molecule has 0 unspecified atom stereocenters. The predicted octanol–water partition coefficient (Wildman–Crippen LogP) is 3.88. The molecule has 1 N–H and O–H groups in total. The highest BCUT2D eigenvalue weighted by molar-refractivity contribution is 6.32. The van der Waals surface area contributed by atoms with Crippen LogP contribution in [0.15, 0.2) is 36.4 Å². The Balaban J connectivity index is 2.28. The molecular weight excluding hydrogens is 288 g/mol. The smallest absolute Gasteiger partial charge is 0.261 e. The fourth-order valence-corrected chi connectivity index (χ4v) is 1.84. The minimum atomic E-state index is -0.927. The molecule has 0 radical (unpaired) electrons. The molecule has 2 aromatic carbocycles. The largest absolute Gasteiger partial charge is 0.495 e. The van der Waals surface area contributed by atoms with Gasteiger partial charge in [-0.25, -0.2) is 8.78 Å². The van der Waals surface area contributed by atoms with E-state index in [1.54, 1.807) is 0 Å². The van der Waals surface area contributed by atoms with Gasteiger partial charge in [-0.15, -0.1) is 0 Å². The maximum atomic E-state index is 13.5. The monoisotopic (exact) mass is 297 g/mol. The Labute approximate surface area is 119 Å². The van der Waals surface area contributed by atoms with Crippen molar-refractivity contribution >= 4 is 23.2 Å². The number of halogens is 3. The summed E-state index contributed by atoms with van der Waals surface area (Å²) >= 11 is 5.84. The first-order valence-corrected chi connectivity index (χ1v) is 5.99. The molecule has 0 aliphatic heterocycles. The molecule has 3 nitrogen and oxygen atoms in total. The molecule has 0 spiro atoms. The Morgan fingerprint density at radius 3 is 2.45 bits per heavy atom. The summed E-state index contributed by atoms with van der Waals surface area (Å²) in [6.07, 6.45) is 0. The van der Waals surface area contributed by atoms with E-state index in [0.29, 0.717) is 16.5 Å². The summed E-state index contributed by atoms with van der Waals surface area (Å²) in [6.45, 7) is 0. The van der Waals surface area contributed by atoms with Gasteiger partial charge in [-0.05, 0) is 24.3 Å². The minimum Gasteiger partial charge on any atom is -0.495 e. The van der Waals surface area contributed by atoms with Gasteiger partial charge in [0.25, 0.3) is 5.91 Å². The van der Waals surface area contributed by atoms with E-state index in [9.17, 15) is 13.6 Å². The van der Waals surface area contributed by atoms with Gasteiger partial charge in [0.2, 0.25) is 0 Å². The summed E-state index contributed by atoms with van der Waals surface area (Å²) in [7, 11) is 1.42. The molecule has 0 bridgehead atoms. The number of nitrogens with one attached hydrogen (secondary N) is 1. The molecule has 0 saturated heterocycles. The fourth-order valence-electron chi connectivity index (χ4n) is 1.65. The Kier molecular flexibility index (Phi) is 4.20. The zero-order valence-corrected chi connectivity index (χ0v) is 11.2. The lowest BCUT2D eigenvalue weighted by atomic mass is 10.1. The van der Waals surface area contributed by atoms with Crippen LogP contribution in [0.5, 0.6) is 5.75 Å². The Bertz CT molecular complexity index is 641. The van der Waals surface area contributed by atoms with Crippen LogP contribution in [0.25, 0.3) is 0 Å². The summed E-state index contributed by atoms with van der Waals surface area (Å²) < 4.78 is 31.9. The Hall–Kier alpha value is -2.14. The van der Waals surface area contributed by atoms with Crippen LogP contribution in [-0.2, 0) is 0 Å². The van der Waals surface area contributed by atoms with Crippen LogP contribution in [-0.4, -0.2) is 13.0 Å². The molecule has 0 saturated carbocycles. The van der Waals surface area contributed by atoms with Gasteiger partial charge in [0.15, 0.2) is 0 Å². The first-order chi connectivity index (χ1) is 9.52. The Morgan fingerprint density at radius 1 is 1.20 bits per heavy atom. The maximum absolute atomic E-state index is 13.5. The summed E-state index contributed by atoms with van der Waals surface area (Å²) in [5.74, 6) is -2.39. The van der Waals surface area contributed by atoms with Gasteiger partial charge in [0.05, 0.1) is 12.1 Å². The fraction of sp³-hybridized carbons (Fsp3) is 0.0714. The van der Waals surface area contributed by atoms with Crippen molar-refractivity contribution in [3.8, 4) is 5.75 Å². The zero-order valence-electron chi connectivity index (χ0n) is 10.4. The van der Waals surface area contributed by atoms with Gasteiger partial charge < -0.3 is 10.1 Å². The average molecular weight is 298 g/mol. The maximum Gasteiger partial charge on any atom is 0.261 e. The normalized spacial score (nSPS) is 10.2. The molecule has 0 aliphatic rings. The number of ether oxygens (including phenoxy) is 1. The van der Waals surface area contributed by atoms with Crippen molar-refractivity contribution in [2.24, 2.45) is 0 Å². The first-order valence-electron chi connectivity index (χ1n) is 5.62. The highest BCUT2D eigenvalue weighted by Gasteiger charge is 2.17. The summed E-state index contributed by atoms with van der Waals surface area (Å²) in [5, 5.41) is 2.75. The lowest BCUT2D eigenvalue weighted by molar-refractivity contribution is 0.101. The number of amides is 1. The average Bonchev–Trinajstić information content (AvgIpc) is 2.40. The molecular formula is C14H10ClF2NO2. The minimum absolute atomic E-state index is 0.318. The molecule has 0 atom stereocenters. The standard InChI is InChI=1S/C14H10ClF2NO2/c1-20-12-7-8(5-6-9(12)15)18-14(19)13-10(16)3-2-4-11(13)17/h2-7H,1H3,(H,18,19). The third-order valence-electron chi connectivity index (χ3n) is 2.60. The van der Waals surface area contributed by atoms with E-state index in [4.69, 9.17) is 16.3 Å². The van der Waals surface area contributed by atoms with E-state index in [1.165, 1.54) is 31.4 Å². The summed E-state index contributed by atoms with van der Waals surface area (Å²) in [4.78, 5) is 11.9. The van der Waals surface area contributed by atoms with Gasteiger partial charge in [-0.3, -0.25) is 4.79 Å². The number of hydrogen-bond donors (Lipinski definition) is 1. The van der Waals surface area contributed by atoms with E-state index >= 15 is 0 Å². The van der Waals surface area contributed by atoms with Crippen LogP contribution < -0.4 is 10.1 Å². The van der Waals surface area contributed by atoms with Crippen molar-refractivity contribution in [1.29, 1.82) is 0 Å². The second kappa shape index (κ2) is 5.88. The van der Waals surface area contributed by atoms with E-state index in [1.807, 2.05) is 0 Å². The number of benzene rings is 2. The number of anilines is 1. The van der Waals surface area contributed by atoms with Gasteiger partial charge in [0, 0.05) is 11.8 Å². The molecule has 20 heavy (non-hydrogen) atoms. The Morgan fingerprint density at radius 2 is 1.85 bits per heavy atom. The van der Waals surface area contributed by atoms with Crippen LogP contribution in [0.4, 0.5) is 14.5 Å². The van der Waals surface area contributed by atoms with Crippen molar-refractivity contribution in [2.75, 3.05) is 12.4 Å². The van der Waals surface area contributed by atoms with Crippen LogP contribution >= 0.6 is 11.6 Å². The number of methoxy groups -OCH3 is 1. The van der Waals surface area contributed by atoms with Gasteiger partial charge in [-0.2, -0.15) is 0 Å². The highest BCUT2D eigenvalue weighted by Crippen LogP contribution is 2.27. The molecule has 0 heterocycles. The number of carbonyl (C=O) groups is 1. The molecule has 2 aromatic rings. The van der Waals surface area contributed by atoms with E-state index in [-0.39, 0.29) is 0 Å². The summed E-state index contributed by atoms with van der Waals surface area (Å²) in [6, 6.07) is 7.68. The second-order valence-corrected chi connectivity index (χ2v) is 4.31. The first kappa shape index (κ1) is 14.3. The number of rotatable bonds is 3. The molecule has 104 valence electrons. The van der Waals surface area contributed by atoms with Crippen LogP contribution in [0.1, 0.15) is 10.4 Å². The van der Waals surface area contributed by atoms with E-state index in [2.05, 4.69) is 5.32 Å². The van der Waals surface area contributed by atoms with Gasteiger partial charge in [-0.1, -0.05) is 17.7 Å². The molecule has 2 rings (SSSR count). The number of hydrogen-bond acceptors (Lipinski definition) is 2. The molecule has 0 aromatic heterocycles. The van der Waals surface area contributed by atoms with Crippen LogP contribution in [0, 0.1) is 11.6 Å². The third-order valence-corrected chi connectivity index (χ3v) is 2.91. The van der Waals surface area contributed by atoms with Crippen molar-refractivity contribution in [2.45, 2.75) is 0 Å². The zero-order chi connectivity index (χ0) is 14.7. The third kappa shape index (κ3) is 2.88. The summed E-state index contributed by atoms with van der Waals surface area (Å²) in [5.41, 5.74) is -0.319. The predicted molar refractivity (Wildman–Crippen MR) is 72.3 cm³/mol. The van der Waals surface area contributed by atoms with Crippen molar-refractivity contribution in [3.63, 3.8) is 0 Å². The molecule has 6 heteroatoms. The van der Waals surface area contributed by atoms with Crippen LogP contribution in [0.3, 0.4) is 0 Å². The lowest BCUT2D eigenvalue weighted by Gasteiger charge is -2.09. The lowest BCUT2D eigenvalue weighted by Crippen LogP contribution is -2.15. The number of carbonyl (C=O) groups excluding carboxylic acids is 1. The van der Waals surface area contributed by atoms with Gasteiger partial charge in [0.1, 0.15) is 22.9 Å². The van der Waals surface area contributed by atoms with Crippen molar-refractivity contribution in [1.82, 2.24) is 0 Å². The second-order valence-electron chi connectivity index (χ2n) is 3.90. The van der Waals surface area contributed by atoms with E-state index < -0.39 is 23.1 Å². The van der Waals surface area contributed by atoms with E-state index in [0.717, 1.165) is 12.1 Å². The SMILES string of the molecule is COc1cc(NC(=O)c2c(F)cccc2F)ccc1Cl. The van der Waals surface area contributed by atoms with Crippen molar-refractivity contribution in [3.05, 3.63) is 58.6 Å². The topological polar surface area (TPSA) is 38.3 Å². The molecule has 1 amide bonds. The van der Waals surface area contributed by atoms with Crippen molar-refractivity contribution < 1.29 is 18.3 Å². The van der Waals surface area contributed by atoms with Gasteiger partial charge >= 0.3 is 0 Å². The molecule has 0 aliphatic carbocycles. The molecule has 0 fully saturated rings. The quantitative estimate of drug-likeness (QED) is 0.933.